The number of nitrogens with one attached hydrogen (secondary N) is 1. The fourth-order valence-electron chi connectivity index (χ4n) is 1.33. The number of imidazole rings is 1. The van der Waals surface area contributed by atoms with Crippen LogP contribution >= 0.6 is 0 Å². The molecule has 8 heteroatoms. The highest BCUT2D eigenvalue weighted by atomic mass is 16.4. The lowest BCUT2D eigenvalue weighted by Crippen LogP contribution is -2.07. The maximum Gasteiger partial charge on any atom is 0.357 e. The maximum absolute atomic E-state index is 10.8. The van der Waals surface area contributed by atoms with E-state index in [2.05, 4.69) is 15.0 Å². The number of nitrogens with zero attached hydrogens (tertiary/aromatic N) is 2. The van der Waals surface area contributed by atoms with Crippen LogP contribution < -0.4 is 0 Å². The Morgan fingerprint density at radius 2 is 1.72 bits per heavy atom. The molecule has 5 N–H and O–H groups in total. The molecule has 0 bridgehead atoms. The highest BCUT2D eigenvalue weighted by molar-refractivity contribution is 5.99. The molecule has 0 aliphatic heterocycles. The van der Waals surface area contributed by atoms with Gasteiger partial charge in [0.1, 0.15) is 5.82 Å². The fraction of sp³-hybridized carbons (Fsp3) is 0. The van der Waals surface area contributed by atoms with Crippen LogP contribution in [-0.4, -0.2) is 42.6 Å². The molecule has 2 rings (SSSR count). The molecule has 2 aromatic heterocycles. The molecule has 2 aromatic rings. The number of hydrogen-bond donors (Lipinski definition) is 3. The highest BCUT2D eigenvalue weighted by Gasteiger charge is 2.22. The SMILES string of the molecule is O.O=C(O)c1nc(-c2ccncc2)[nH]c1C(=O)O. The number of aromatic carboxylic acids is 2. The van der Waals surface area contributed by atoms with Gasteiger partial charge in [-0.1, -0.05) is 0 Å². The lowest BCUT2D eigenvalue weighted by atomic mass is 10.2. The van der Waals surface area contributed by atoms with Crippen molar-refractivity contribution in [2.45, 2.75) is 0 Å². The van der Waals surface area contributed by atoms with Crippen LogP contribution in [0.15, 0.2) is 24.5 Å². The number of hydrogen-bond acceptors (Lipinski definition) is 4. The van der Waals surface area contributed by atoms with E-state index >= 15 is 0 Å². The molecule has 0 saturated heterocycles. The Labute approximate surface area is 100 Å². The Hall–Kier alpha value is -2.74. The first kappa shape index (κ1) is 13.3. The van der Waals surface area contributed by atoms with E-state index in [9.17, 15) is 9.59 Å². The van der Waals surface area contributed by atoms with E-state index in [-0.39, 0.29) is 11.3 Å². The maximum atomic E-state index is 10.8. The van der Waals surface area contributed by atoms with Crippen LogP contribution in [0.3, 0.4) is 0 Å². The van der Waals surface area contributed by atoms with Gasteiger partial charge in [0.15, 0.2) is 11.4 Å². The van der Waals surface area contributed by atoms with E-state index in [1.165, 1.54) is 12.4 Å². The molecule has 0 aliphatic carbocycles. The summed E-state index contributed by atoms with van der Waals surface area (Å²) >= 11 is 0. The number of H-pyrrole nitrogens is 1. The summed E-state index contributed by atoms with van der Waals surface area (Å²) in [6.45, 7) is 0. The molecule has 0 fully saturated rings. The molecule has 8 nitrogen and oxygen atoms in total. The third-order valence-electron chi connectivity index (χ3n) is 2.07. The van der Waals surface area contributed by atoms with Gasteiger partial charge in [-0.25, -0.2) is 14.6 Å². The van der Waals surface area contributed by atoms with Gasteiger partial charge in [-0.2, -0.15) is 0 Å². The van der Waals surface area contributed by atoms with Crippen LogP contribution in [0.25, 0.3) is 11.4 Å². The molecule has 0 amide bonds. The average Bonchev–Trinajstić information content (AvgIpc) is 2.75. The van der Waals surface area contributed by atoms with Crippen molar-refractivity contribution in [1.29, 1.82) is 0 Å². The Kier molecular flexibility index (Phi) is 3.75. The molecular formula is C10H9N3O5. The number of pyridine rings is 1. The predicted octanol–water partition coefficient (Wildman–Crippen LogP) is 0.0434. The van der Waals surface area contributed by atoms with Crippen molar-refractivity contribution in [3.8, 4) is 11.4 Å². The summed E-state index contributed by atoms with van der Waals surface area (Å²) in [7, 11) is 0. The van der Waals surface area contributed by atoms with E-state index in [0.29, 0.717) is 5.56 Å². The highest BCUT2D eigenvalue weighted by Crippen LogP contribution is 2.17. The predicted molar refractivity (Wildman–Crippen MR) is 59.4 cm³/mol. The van der Waals surface area contributed by atoms with Crippen LogP contribution in [0.2, 0.25) is 0 Å². The number of carboxylic acids is 2. The van der Waals surface area contributed by atoms with Crippen molar-refractivity contribution in [3.63, 3.8) is 0 Å². The second kappa shape index (κ2) is 5.06. The first-order chi connectivity index (χ1) is 8.09. The lowest BCUT2D eigenvalue weighted by Gasteiger charge is -1.93. The summed E-state index contributed by atoms with van der Waals surface area (Å²) in [5, 5.41) is 17.6. The Morgan fingerprint density at radius 3 is 2.17 bits per heavy atom. The third-order valence-corrected chi connectivity index (χ3v) is 2.07. The third kappa shape index (κ3) is 2.33. The van der Waals surface area contributed by atoms with Gasteiger partial charge in [0.2, 0.25) is 0 Å². The van der Waals surface area contributed by atoms with Crippen molar-refractivity contribution in [1.82, 2.24) is 15.0 Å². The fourth-order valence-corrected chi connectivity index (χ4v) is 1.33. The van der Waals surface area contributed by atoms with Crippen LogP contribution in [-0.2, 0) is 0 Å². The summed E-state index contributed by atoms with van der Waals surface area (Å²) in [5.74, 6) is -2.57. The van der Waals surface area contributed by atoms with Crippen LogP contribution in [0.4, 0.5) is 0 Å². The summed E-state index contributed by atoms with van der Waals surface area (Å²) in [6.07, 6.45) is 3.00. The zero-order chi connectivity index (χ0) is 12.4. The molecule has 0 saturated carbocycles. The van der Waals surface area contributed by atoms with Crippen LogP contribution in [0.1, 0.15) is 21.0 Å². The Morgan fingerprint density at radius 1 is 1.11 bits per heavy atom. The minimum absolute atomic E-state index is 0. The zero-order valence-electron chi connectivity index (χ0n) is 8.91. The van der Waals surface area contributed by atoms with Gasteiger partial charge in [0, 0.05) is 18.0 Å². The minimum atomic E-state index is -1.39. The normalized spacial score (nSPS) is 9.56. The monoisotopic (exact) mass is 251 g/mol. The molecular weight excluding hydrogens is 242 g/mol. The van der Waals surface area contributed by atoms with Crippen LogP contribution in [0.5, 0.6) is 0 Å². The molecule has 0 aromatic carbocycles. The van der Waals surface area contributed by atoms with Crippen molar-refractivity contribution in [3.05, 3.63) is 35.9 Å². The van der Waals surface area contributed by atoms with E-state index < -0.39 is 23.3 Å². The van der Waals surface area contributed by atoms with Gasteiger partial charge in [0.05, 0.1) is 0 Å². The van der Waals surface area contributed by atoms with Gasteiger partial charge in [-0.05, 0) is 12.1 Å². The standard InChI is InChI=1S/C10H7N3O4.H2O/c14-9(15)6-7(10(16)17)13-8(12-6)5-1-3-11-4-2-5;/h1-4H,(H,12,13)(H,14,15)(H,16,17);1H2. The largest absolute Gasteiger partial charge is 0.477 e. The van der Waals surface area contributed by atoms with Crippen molar-refractivity contribution in [2.24, 2.45) is 0 Å². The zero-order valence-corrected chi connectivity index (χ0v) is 8.91. The van der Waals surface area contributed by atoms with Gasteiger partial charge < -0.3 is 20.7 Å². The number of carbonyl (C=O) groups is 2. The number of rotatable bonds is 3. The molecule has 2 heterocycles. The molecule has 18 heavy (non-hydrogen) atoms. The van der Waals surface area contributed by atoms with Gasteiger partial charge >= 0.3 is 11.9 Å². The second-order valence-corrected chi connectivity index (χ2v) is 3.16. The lowest BCUT2D eigenvalue weighted by molar-refractivity contribution is 0.0644. The summed E-state index contributed by atoms with van der Waals surface area (Å²) in [6, 6.07) is 3.19. The number of aromatic nitrogens is 3. The summed E-state index contributed by atoms with van der Waals surface area (Å²) in [4.78, 5) is 31.6. The minimum Gasteiger partial charge on any atom is -0.477 e. The van der Waals surface area contributed by atoms with E-state index in [4.69, 9.17) is 10.2 Å². The molecule has 0 unspecified atom stereocenters. The number of aromatic amines is 1. The smallest absolute Gasteiger partial charge is 0.357 e. The van der Waals surface area contributed by atoms with E-state index in [0.717, 1.165) is 0 Å². The van der Waals surface area contributed by atoms with Gasteiger partial charge in [0.25, 0.3) is 0 Å². The summed E-state index contributed by atoms with van der Waals surface area (Å²) < 4.78 is 0. The second-order valence-electron chi connectivity index (χ2n) is 3.16. The average molecular weight is 251 g/mol. The quantitative estimate of drug-likeness (QED) is 0.701. The van der Waals surface area contributed by atoms with Gasteiger partial charge in [-0.15, -0.1) is 0 Å². The summed E-state index contributed by atoms with van der Waals surface area (Å²) in [5.41, 5.74) is -0.386. The van der Waals surface area contributed by atoms with E-state index in [1.807, 2.05) is 0 Å². The topological polar surface area (TPSA) is 148 Å². The first-order valence-electron chi connectivity index (χ1n) is 4.56. The molecule has 0 atom stereocenters. The molecule has 0 aliphatic rings. The number of carboxylic acid groups (broad SMARTS) is 2. The van der Waals surface area contributed by atoms with Crippen molar-refractivity contribution >= 4 is 11.9 Å². The molecule has 0 spiro atoms. The van der Waals surface area contributed by atoms with Crippen LogP contribution in [0, 0.1) is 0 Å². The molecule has 94 valence electrons. The first-order valence-corrected chi connectivity index (χ1v) is 4.56. The molecule has 0 radical (unpaired) electrons. The van der Waals surface area contributed by atoms with Gasteiger partial charge in [-0.3, -0.25) is 4.98 Å². The Bertz CT molecular complexity index is 547. The van der Waals surface area contributed by atoms with Crippen molar-refractivity contribution < 1.29 is 25.3 Å². The van der Waals surface area contributed by atoms with E-state index in [1.54, 1.807) is 12.1 Å². The Balaban J connectivity index is 0.00000162. The van der Waals surface area contributed by atoms with Crippen molar-refractivity contribution in [2.75, 3.05) is 0 Å².